The van der Waals surface area contributed by atoms with Crippen LogP contribution in [0.1, 0.15) is 35.8 Å². The lowest BCUT2D eigenvalue weighted by Gasteiger charge is -2.21. The van der Waals surface area contributed by atoms with Crippen molar-refractivity contribution in [2.45, 2.75) is 19.9 Å². The summed E-state index contributed by atoms with van der Waals surface area (Å²) in [5.41, 5.74) is 2.12. The Morgan fingerprint density at radius 3 is 2.36 bits per heavy atom. The first-order valence-electron chi connectivity index (χ1n) is 8.11. The smallest absolute Gasteiger partial charge is 0.251 e. The van der Waals surface area contributed by atoms with E-state index in [9.17, 15) is 9.59 Å². The lowest BCUT2D eigenvalue weighted by molar-refractivity contribution is -0.114. The fourth-order valence-electron chi connectivity index (χ4n) is 2.60. The van der Waals surface area contributed by atoms with Gasteiger partial charge in [0.15, 0.2) is 11.5 Å². The van der Waals surface area contributed by atoms with E-state index < -0.39 is 0 Å². The van der Waals surface area contributed by atoms with Gasteiger partial charge in [-0.15, -0.1) is 0 Å². The Hall–Kier alpha value is -3.02. The van der Waals surface area contributed by atoms with E-state index in [0.29, 0.717) is 30.2 Å². The highest BCUT2D eigenvalue weighted by Gasteiger charge is 2.16. The van der Waals surface area contributed by atoms with Crippen molar-refractivity contribution < 1.29 is 19.1 Å². The molecule has 25 heavy (non-hydrogen) atoms. The van der Waals surface area contributed by atoms with Gasteiger partial charge in [0.2, 0.25) is 5.91 Å². The van der Waals surface area contributed by atoms with Crippen molar-refractivity contribution in [1.29, 1.82) is 0 Å². The van der Waals surface area contributed by atoms with Gasteiger partial charge < -0.3 is 20.1 Å². The van der Waals surface area contributed by atoms with Crippen molar-refractivity contribution >= 4 is 17.5 Å². The Labute approximate surface area is 146 Å². The molecule has 1 aliphatic heterocycles. The average Bonchev–Trinajstić information content (AvgIpc) is 2.61. The van der Waals surface area contributed by atoms with Crippen molar-refractivity contribution in [3.8, 4) is 11.5 Å². The van der Waals surface area contributed by atoms with Crippen molar-refractivity contribution in [3.63, 3.8) is 0 Å². The number of anilines is 1. The number of benzene rings is 2. The van der Waals surface area contributed by atoms with Crippen LogP contribution in [0, 0.1) is 0 Å². The lowest BCUT2D eigenvalue weighted by atomic mass is 10.1. The van der Waals surface area contributed by atoms with E-state index in [2.05, 4.69) is 10.6 Å². The Kier molecular flexibility index (Phi) is 4.88. The molecule has 2 amide bonds. The van der Waals surface area contributed by atoms with Crippen LogP contribution in [-0.2, 0) is 4.79 Å². The second kappa shape index (κ2) is 7.25. The first-order valence-corrected chi connectivity index (χ1v) is 8.11. The Morgan fingerprint density at radius 2 is 1.68 bits per heavy atom. The average molecular weight is 340 g/mol. The molecule has 2 aromatic rings. The van der Waals surface area contributed by atoms with Gasteiger partial charge in [0.25, 0.3) is 5.91 Å². The summed E-state index contributed by atoms with van der Waals surface area (Å²) in [4.78, 5) is 23.4. The number of ether oxygens (including phenoxy) is 2. The number of hydrogen-bond donors (Lipinski definition) is 2. The van der Waals surface area contributed by atoms with E-state index in [1.165, 1.54) is 6.92 Å². The minimum absolute atomic E-state index is 0.149. The summed E-state index contributed by atoms with van der Waals surface area (Å²) in [5.74, 6) is 1.09. The zero-order valence-electron chi connectivity index (χ0n) is 14.2. The van der Waals surface area contributed by atoms with Gasteiger partial charge >= 0.3 is 0 Å². The van der Waals surface area contributed by atoms with Gasteiger partial charge in [-0.25, -0.2) is 0 Å². The third kappa shape index (κ3) is 4.09. The molecule has 0 radical (unpaired) electrons. The molecule has 6 nitrogen and oxygen atoms in total. The Balaban J connectivity index is 1.66. The normalized spacial score (nSPS) is 13.7. The van der Waals surface area contributed by atoms with Gasteiger partial charge in [0.1, 0.15) is 13.2 Å². The molecule has 0 fully saturated rings. The van der Waals surface area contributed by atoms with Crippen molar-refractivity contribution in [3.05, 3.63) is 53.6 Å². The number of carbonyl (C=O) groups excluding carboxylic acids is 2. The fraction of sp³-hybridized carbons (Fsp3) is 0.263. The third-order valence-corrected chi connectivity index (χ3v) is 3.88. The van der Waals surface area contributed by atoms with Crippen molar-refractivity contribution in [2.75, 3.05) is 18.5 Å². The molecular weight excluding hydrogens is 320 g/mol. The first-order chi connectivity index (χ1) is 12.0. The molecule has 130 valence electrons. The molecule has 0 bridgehead atoms. The highest BCUT2D eigenvalue weighted by molar-refractivity contribution is 5.95. The number of rotatable bonds is 4. The predicted molar refractivity (Wildman–Crippen MR) is 94.1 cm³/mol. The van der Waals surface area contributed by atoms with Crippen LogP contribution in [0.2, 0.25) is 0 Å². The molecule has 6 heteroatoms. The van der Waals surface area contributed by atoms with Crippen LogP contribution in [-0.4, -0.2) is 25.0 Å². The van der Waals surface area contributed by atoms with Crippen LogP contribution in [0.3, 0.4) is 0 Å². The van der Waals surface area contributed by atoms with Crippen LogP contribution in [0.4, 0.5) is 5.69 Å². The SMILES string of the molecule is CC(=O)Nc1ccc(C(=O)NC(C)c2ccc3c(c2)OCCO3)cc1. The van der Waals surface area contributed by atoms with Crippen LogP contribution in [0.15, 0.2) is 42.5 Å². The van der Waals surface area contributed by atoms with Gasteiger partial charge in [-0.1, -0.05) is 6.07 Å². The minimum atomic E-state index is -0.184. The molecule has 1 aliphatic rings. The van der Waals surface area contributed by atoms with Gasteiger partial charge in [0.05, 0.1) is 6.04 Å². The number of amides is 2. The summed E-state index contributed by atoms with van der Waals surface area (Å²) in [5, 5.41) is 5.63. The van der Waals surface area contributed by atoms with E-state index in [1.807, 2.05) is 25.1 Å². The third-order valence-electron chi connectivity index (χ3n) is 3.88. The fourth-order valence-corrected chi connectivity index (χ4v) is 2.60. The molecule has 1 heterocycles. The number of fused-ring (bicyclic) bond motifs is 1. The van der Waals surface area contributed by atoms with Crippen molar-refractivity contribution in [1.82, 2.24) is 5.32 Å². The van der Waals surface area contributed by atoms with Crippen LogP contribution >= 0.6 is 0 Å². The second-order valence-corrected chi connectivity index (χ2v) is 5.86. The minimum Gasteiger partial charge on any atom is -0.486 e. The number of carbonyl (C=O) groups is 2. The first kappa shape index (κ1) is 16.8. The zero-order valence-corrected chi connectivity index (χ0v) is 14.2. The maximum Gasteiger partial charge on any atom is 0.251 e. The molecule has 0 saturated heterocycles. The summed E-state index contributed by atoms with van der Waals surface area (Å²) in [6.07, 6.45) is 0. The molecule has 0 saturated carbocycles. The molecule has 2 N–H and O–H groups in total. The van der Waals surface area contributed by atoms with Gasteiger partial charge in [-0.3, -0.25) is 9.59 Å². The molecule has 0 spiro atoms. The standard InChI is InChI=1S/C19H20N2O4/c1-12(15-5-8-17-18(11-15)25-10-9-24-17)20-19(23)14-3-6-16(7-4-14)21-13(2)22/h3-8,11-12H,9-10H2,1-2H3,(H,20,23)(H,21,22). The second-order valence-electron chi connectivity index (χ2n) is 5.86. The highest BCUT2D eigenvalue weighted by Crippen LogP contribution is 2.32. The quantitative estimate of drug-likeness (QED) is 0.897. The molecule has 3 rings (SSSR count). The Bertz CT molecular complexity index is 787. The Morgan fingerprint density at radius 1 is 1.00 bits per heavy atom. The molecule has 2 aromatic carbocycles. The number of nitrogens with one attached hydrogen (secondary N) is 2. The highest BCUT2D eigenvalue weighted by atomic mass is 16.6. The van der Waals surface area contributed by atoms with E-state index in [1.54, 1.807) is 24.3 Å². The maximum atomic E-state index is 12.4. The van der Waals surface area contributed by atoms with E-state index in [0.717, 1.165) is 11.3 Å². The van der Waals surface area contributed by atoms with Crippen molar-refractivity contribution in [2.24, 2.45) is 0 Å². The molecule has 0 aliphatic carbocycles. The largest absolute Gasteiger partial charge is 0.486 e. The summed E-state index contributed by atoms with van der Waals surface area (Å²) in [7, 11) is 0. The van der Waals surface area contributed by atoms with Crippen LogP contribution < -0.4 is 20.1 Å². The molecule has 1 atom stereocenters. The zero-order chi connectivity index (χ0) is 17.8. The maximum absolute atomic E-state index is 12.4. The summed E-state index contributed by atoms with van der Waals surface area (Å²) >= 11 is 0. The van der Waals surface area contributed by atoms with Crippen LogP contribution in [0.5, 0.6) is 11.5 Å². The van der Waals surface area contributed by atoms with E-state index >= 15 is 0 Å². The number of hydrogen-bond acceptors (Lipinski definition) is 4. The van der Waals surface area contributed by atoms with E-state index in [4.69, 9.17) is 9.47 Å². The van der Waals surface area contributed by atoms with Gasteiger partial charge in [-0.2, -0.15) is 0 Å². The summed E-state index contributed by atoms with van der Waals surface area (Å²) in [6.45, 7) is 4.43. The van der Waals surface area contributed by atoms with E-state index in [-0.39, 0.29) is 17.9 Å². The molecular formula is C19H20N2O4. The van der Waals surface area contributed by atoms with Gasteiger partial charge in [-0.05, 0) is 48.9 Å². The summed E-state index contributed by atoms with van der Waals surface area (Å²) in [6, 6.07) is 12.2. The molecule has 0 aromatic heterocycles. The summed E-state index contributed by atoms with van der Waals surface area (Å²) < 4.78 is 11.1. The monoisotopic (exact) mass is 340 g/mol. The van der Waals surface area contributed by atoms with Gasteiger partial charge in [0, 0.05) is 18.2 Å². The topological polar surface area (TPSA) is 76.7 Å². The van der Waals surface area contributed by atoms with Crippen LogP contribution in [0.25, 0.3) is 0 Å². The molecule has 1 unspecified atom stereocenters. The predicted octanol–water partition coefficient (Wildman–Crippen LogP) is 2.91. The lowest BCUT2D eigenvalue weighted by Crippen LogP contribution is -2.26.